The van der Waals surface area contributed by atoms with Crippen LogP contribution < -0.4 is 5.56 Å². The molecule has 0 aliphatic heterocycles. The molecule has 1 aromatic carbocycles. The maximum absolute atomic E-state index is 12.2. The molecule has 140 valence electrons. The van der Waals surface area contributed by atoms with Crippen LogP contribution in [0.5, 0.6) is 0 Å². The minimum atomic E-state index is -0.0436. The van der Waals surface area contributed by atoms with Gasteiger partial charge in [-0.05, 0) is 44.2 Å². The summed E-state index contributed by atoms with van der Waals surface area (Å²) in [4.78, 5) is 26.4. The molecular formula is C22H26N4O. The Kier molecular flexibility index (Phi) is 6.14. The van der Waals surface area contributed by atoms with Crippen LogP contribution in [0.4, 0.5) is 0 Å². The fourth-order valence-electron chi connectivity index (χ4n) is 3.22. The van der Waals surface area contributed by atoms with E-state index in [1.165, 1.54) is 5.56 Å². The topological polar surface area (TPSA) is 61.9 Å². The SMILES string of the molecule is CCc1c(C)nc(-c2cccc(CN(C)CCc3ccccn3)c2)[nH]c1=O. The predicted molar refractivity (Wildman–Crippen MR) is 109 cm³/mol. The summed E-state index contributed by atoms with van der Waals surface area (Å²) in [7, 11) is 2.11. The number of benzene rings is 1. The first-order chi connectivity index (χ1) is 13.1. The van der Waals surface area contributed by atoms with Crippen LogP contribution in [0.3, 0.4) is 0 Å². The number of pyridine rings is 1. The second-order valence-electron chi connectivity index (χ2n) is 6.84. The van der Waals surface area contributed by atoms with E-state index >= 15 is 0 Å². The van der Waals surface area contributed by atoms with Gasteiger partial charge in [-0.1, -0.05) is 31.2 Å². The number of rotatable bonds is 7. The molecule has 2 aromatic heterocycles. The zero-order chi connectivity index (χ0) is 19.2. The number of nitrogens with zero attached hydrogens (tertiary/aromatic N) is 3. The number of H-pyrrole nitrogens is 1. The average Bonchev–Trinajstić information content (AvgIpc) is 2.67. The maximum Gasteiger partial charge on any atom is 0.254 e. The lowest BCUT2D eigenvalue weighted by Crippen LogP contribution is -2.21. The van der Waals surface area contributed by atoms with Crippen molar-refractivity contribution >= 4 is 0 Å². The normalized spacial score (nSPS) is 11.1. The molecule has 0 spiro atoms. The van der Waals surface area contributed by atoms with E-state index in [4.69, 9.17) is 0 Å². The number of likely N-dealkylation sites (N-methyl/N-ethyl adjacent to an activating group) is 1. The molecule has 27 heavy (non-hydrogen) atoms. The predicted octanol–water partition coefficient (Wildman–Crippen LogP) is 3.38. The van der Waals surface area contributed by atoms with E-state index < -0.39 is 0 Å². The van der Waals surface area contributed by atoms with Crippen LogP contribution in [0.1, 0.15) is 29.4 Å². The van der Waals surface area contributed by atoms with Gasteiger partial charge in [-0.3, -0.25) is 9.78 Å². The molecule has 0 aliphatic carbocycles. The molecule has 0 bridgehead atoms. The Balaban J connectivity index is 1.71. The lowest BCUT2D eigenvalue weighted by molar-refractivity contribution is 0.330. The molecule has 2 heterocycles. The van der Waals surface area contributed by atoms with Gasteiger partial charge in [0.2, 0.25) is 0 Å². The van der Waals surface area contributed by atoms with Gasteiger partial charge in [0.25, 0.3) is 5.56 Å². The van der Waals surface area contributed by atoms with Gasteiger partial charge in [-0.2, -0.15) is 0 Å². The molecule has 3 aromatic rings. The van der Waals surface area contributed by atoms with Crippen molar-refractivity contribution in [2.24, 2.45) is 0 Å². The first-order valence-corrected chi connectivity index (χ1v) is 9.34. The zero-order valence-electron chi connectivity index (χ0n) is 16.2. The summed E-state index contributed by atoms with van der Waals surface area (Å²) >= 11 is 0. The zero-order valence-corrected chi connectivity index (χ0v) is 16.2. The van der Waals surface area contributed by atoms with Gasteiger partial charge in [-0.25, -0.2) is 4.98 Å². The van der Waals surface area contributed by atoms with Crippen LogP contribution in [0.15, 0.2) is 53.5 Å². The maximum atomic E-state index is 12.2. The smallest absolute Gasteiger partial charge is 0.254 e. The lowest BCUT2D eigenvalue weighted by atomic mass is 10.1. The van der Waals surface area contributed by atoms with Gasteiger partial charge in [-0.15, -0.1) is 0 Å². The highest BCUT2D eigenvalue weighted by molar-refractivity contribution is 5.56. The van der Waals surface area contributed by atoms with Crippen molar-refractivity contribution in [3.8, 4) is 11.4 Å². The molecule has 0 unspecified atom stereocenters. The van der Waals surface area contributed by atoms with Gasteiger partial charge in [0.1, 0.15) is 5.82 Å². The second-order valence-corrected chi connectivity index (χ2v) is 6.84. The van der Waals surface area contributed by atoms with Gasteiger partial charge in [0, 0.05) is 48.2 Å². The molecule has 5 heteroatoms. The highest BCUT2D eigenvalue weighted by Gasteiger charge is 2.09. The van der Waals surface area contributed by atoms with E-state index in [1.807, 2.05) is 44.3 Å². The van der Waals surface area contributed by atoms with Crippen LogP contribution in [0.2, 0.25) is 0 Å². The Morgan fingerprint density at radius 1 is 1.15 bits per heavy atom. The fourth-order valence-corrected chi connectivity index (χ4v) is 3.22. The molecule has 0 saturated heterocycles. The van der Waals surface area contributed by atoms with E-state index in [9.17, 15) is 4.79 Å². The summed E-state index contributed by atoms with van der Waals surface area (Å²) in [5.74, 6) is 0.632. The molecule has 0 fully saturated rings. The van der Waals surface area contributed by atoms with E-state index in [0.29, 0.717) is 12.2 Å². The van der Waals surface area contributed by atoms with E-state index in [1.54, 1.807) is 0 Å². The molecule has 3 rings (SSSR count). The average molecular weight is 362 g/mol. The van der Waals surface area contributed by atoms with E-state index in [-0.39, 0.29) is 5.56 Å². The molecular weight excluding hydrogens is 336 g/mol. The van der Waals surface area contributed by atoms with Gasteiger partial charge < -0.3 is 9.88 Å². The Labute approximate surface area is 160 Å². The Morgan fingerprint density at radius 3 is 2.70 bits per heavy atom. The van der Waals surface area contributed by atoms with E-state index in [2.05, 4.69) is 45.1 Å². The Bertz CT molecular complexity index is 950. The lowest BCUT2D eigenvalue weighted by Gasteiger charge is -2.17. The van der Waals surface area contributed by atoms with Gasteiger partial charge >= 0.3 is 0 Å². The standard InChI is InChI=1S/C22H26N4O/c1-4-20-16(2)24-21(25-22(20)27)18-9-7-8-17(14-18)15-26(3)13-11-19-10-5-6-12-23-19/h5-10,12,14H,4,11,13,15H2,1-3H3,(H,24,25,27). The Morgan fingerprint density at radius 2 is 2.00 bits per heavy atom. The van der Waals surface area contributed by atoms with Crippen LogP contribution in [-0.2, 0) is 19.4 Å². The molecule has 0 amide bonds. The summed E-state index contributed by atoms with van der Waals surface area (Å²) in [6.07, 6.45) is 3.44. The van der Waals surface area contributed by atoms with Gasteiger partial charge in [0.05, 0.1) is 0 Å². The third-order valence-electron chi connectivity index (χ3n) is 4.70. The molecule has 0 saturated carbocycles. The minimum Gasteiger partial charge on any atom is -0.306 e. The van der Waals surface area contributed by atoms with Crippen LogP contribution in [0.25, 0.3) is 11.4 Å². The molecule has 5 nitrogen and oxygen atoms in total. The first kappa shape index (κ1) is 19.0. The fraction of sp³-hybridized carbons (Fsp3) is 0.318. The third kappa shape index (κ3) is 4.89. The van der Waals surface area contributed by atoms with Crippen molar-refractivity contribution in [3.63, 3.8) is 0 Å². The monoisotopic (exact) mass is 362 g/mol. The summed E-state index contributed by atoms with van der Waals surface area (Å²) in [5, 5.41) is 0. The van der Waals surface area contributed by atoms with Crippen molar-refractivity contribution < 1.29 is 0 Å². The number of hydrogen-bond acceptors (Lipinski definition) is 4. The van der Waals surface area contributed by atoms with Crippen LogP contribution in [-0.4, -0.2) is 33.4 Å². The highest BCUT2D eigenvalue weighted by atomic mass is 16.1. The number of aromatic nitrogens is 3. The summed E-state index contributed by atoms with van der Waals surface area (Å²) in [5.41, 5.74) is 4.74. The van der Waals surface area contributed by atoms with Crippen LogP contribution >= 0.6 is 0 Å². The van der Waals surface area contributed by atoms with Crippen molar-refractivity contribution in [2.75, 3.05) is 13.6 Å². The quantitative estimate of drug-likeness (QED) is 0.700. The van der Waals surface area contributed by atoms with Crippen LogP contribution in [0, 0.1) is 6.92 Å². The summed E-state index contributed by atoms with van der Waals surface area (Å²) in [6, 6.07) is 14.2. The van der Waals surface area contributed by atoms with Gasteiger partial charge in [0.15, 0.2) is 0 Å². The van der Waals surface area contributed by atoms with E-state index in [0.717, 1.165) is 42.0 Å². The molecule has 0 atom stereocenters. The van der Waals surface area contributed by atoms with Crippen molar-refractivity contribution in [3.05, 3.63) is 81.5 Å². The largest absolute Gasteiger partial charge is 0.306 e. The van der Waals surface area contributed by atoms with Crippen molar-refractivity contribution in [1.29, 1.82) is 0 Å². The van der Waals surface area contributed by atoms with Crippen molar-refractivity contribution in [1.82, 2.24) is 19.9 Å². The molecule has 0 radical (unpaired) electrons. The molecule has 1 N–H and O–H groups in total. The summed E-state index contributed by atoms with van der Waals surface area (Å²) in [6.45, 7) is 5.63. The summed E-state index contributed by atoms with van der Waals surface area (Å²) < 4.78 is 0. The molecule has 0 aliphatic rings. The highest BCUT2D eigenvalue weighted by Crippen LogP contribution is 2.17. The van der Waals surface area contributed by atoms with Crippen molar-refractivity contribution in [2.45, 2.75) is 33.2 Å². The minimum absolute atomic E-state index is 0.0436. The number of aromatic amines is 1. The number of aryl methyl sites for hydroxylation is 1. The second kappa shape index (κ2) is 8.73. The Hall–Kier alpha value is -2.79. The third-order valence-corrected chi connectivity index (χ3v) is 4.70. The number of hydrogen-bond donors (Lipinski definition) is 1. The first-order valence-electron chi connectivity index (χ1n) is 9.34. The number of nitrogens with one attached hydrogen (secondary N) is 1.